The van der Waals surface area contributed by atoms with Gasteiger partial charge in [-0.15, -0.1) is 0 Å². The lowest BCUT2D eigenvalue weighted by molar-refractivity contribution is 0.241. The van der Waals surface area contributed by atoms with E-state index in [4.69, 9.17) is 5.11 Å². The van der Waals surface area contributed by atoms with Crippen molar-refractivity contribution in [3.8, 4) is 0 Å². The molecule has 50 valence electrons. The molecule has 0 aliphatic rings. The van der Waals surface area contributed by atoms with Crippen molar-refractivity contribution in [3.05, 3.63) is 0 Å². The zero-order valence-corrected chi connectivity index (χ0v) is 5.65. The first-order valence-corrected chi connectivity index (χ1v) is 3.19. The molecule has 0 saturated carbocycles. The predicted octanol–water partition coefficient (Wildman–Crippen LogP) is 0.367. The second-order valence-corrected chi connectivity index (χ2v) is 1.85. The highest BCUT2D eigenvalue weighted by Crippen LogP contribution is 1.85. The topological polar surface area (TPSA) is 32.3 Å². The molecule has 0 bridgehead atoms. The Morgan fingerprint density at radius 3 is 2.25 bits per heavy atom. The lowest BCUT2D eigenvalue weighted by Crippen LogP contribution is -2.31. The molecule has 8 heavy (non-hydrogen) atoms. The quantitative estimate of drug-likeness (QED) is 0.557. The molecule has 0 heterocycles. The number of aliphatic hydroxyl groups excluding tert-OH is 1. The van der Waals surface area contributed by atoms with Gasteiger partial charge in [0.05, 0.1) is 6.61 Å². The normalized spacial score (nSPS) is 13.9. The summed E-state index contributed by atoms with van der Waals surface area (Å²) in [5, 5.41) is 11.7. The third kappa shape index (κ3) is 2.99. The van der Waals surface area contributed by atoms with Gasteiger partial charge in [-0.25, -0.2) is 0 Å². The first kappa shape index (κ1) is 7.92. The van der Waals surface area contributed by atoms with Crippen LogP contribution in [0.2, 0.25) is 0 Å². The number of hydrogen-bond donors (Lipinski definition) is 2. The number of aliphatic hydroxyl groups is 1. The van der Waals surface area contributed by atoms with Gasteiger partial charge in [-0.05, 0) is 13.0 Å². The lowest BCUT2D eigenvalue weighted by atomic mass is 10.2. The van der Waals surface area contributed by atoms with Crippen molar-refractivity contribution in [2.45, 2.75) is 26.3 Å². The third-order valence-corrected chi connectivity index (χ3v) is 1.21. The number of rotatable bonds is 4. The van der Waals surface area contributed by atoms with E-state index in [2.05, 4.69) is 12.2 Å². The van der Waals surface area contributed by atoms with Gasteiger partial charge in [0.1, 0.15) is 0 Å². The fourth-order valence-electron chi connectivity index (χ4n) is 0.627. The van der Waals surface area contributed by atoms with Crippen molar-refractivity contribution in [1.82, 2.24) is 5.32 Å². The maximum atomic E-state index is 8.59. The van der Waals surface area contributed by atoms with Crippen LogP contribution in [0, 0.1) is 0 Å². The molecular weight excluding hydrogens is 102 g/mol. The molecule has 0 aliphatic carbocycles. The molecule has 0 radical (unpaired) electrons. The highest BCUT2D eigenvalue weighted by molar-refractivity contribution is 4.59. The molecule has 1 atom stereocenters. The SMILES string of the molecule is CCN[C@H](CC)CO. The summed E-state index contributed by atoms with van der Waals surface area (Å²) >= 11 is 0. The Hall–Kier alpha value is -0.0800. The van der Waals surface area contributed by atoms with E-state index in [9.17, 15) is 0 Å². The van der Waals surface area contributed by atoms with Gasteiger partial charge in [-0.1, -0.05) is 13.8 Å². The van der Waals surface area contributed by atoms with E-state index in [0.717, 1.165) is 13.0 Å². The van der Waals surface area contributed by atoms with E-state index < -0.39 is 0 Å². The maximum Gasteiger partial charge on any atom is 0.0584 e. The molecule has 0 fully saturated rings. The fraction of sp³-hybridized carbons (Fsp3) is 1.00. The summed E-state index contributed by atoms with van der Waals surface area (Å²) in [6.45, 7) is 5.30. The Morgan fingerprint density at radius 1 is 1.50 bits per heavy atom. The molecule has 0 amide bonds. The van der Waals surface area contributed by atoms with Crippen molar-refractivity contribution in [1.29, 1.82) is 0 Å². The Labute approximate surface area is 50.9 Å². The molecular formula is C6H15NO. The Morgan fingerprint density at radius 2 is 2.12 bits per heavy atom. The first-order chi connectivity index (χ1) is 3.85. The van der Waals surface area contributed by atoms with Crippen molar-refractivity contribution >= 4 is 0 Å². The molecule has 2 heteroatoms. The van der Waals surface area contributed by atoms with Gasteiger partial charge in [-0.2, -0.15) is 0 Å². The number of nitrogens with one attached hydrogen (secondary N) is 1. The van der Waals surface area contributed by atoms with E-state index in [-0.39, 0.29) is 6.61 Å². The average molecular weight is 117 g/mol. The van der Waals surface area contributed by atoms with Crippen molar-refractivity contribution in [2.75, 3.05) is 13.2 Å². The van der Waals surface area contributed by atoms with E-state index >= 15 is 0 Å². The first-order valence-electron chi connectivity index (χ1n) is 3.19. The number of hydrogen-bond acceptors (Lipinski definition) is 2. The van der Waals surface area contributed by atoms with E-state index in [0.29, 0.717) is 6.04 Å². The summed E-state index contributed by atoms with van der Waals surface area (Å²) in [5.41, 5.74) is 0. The van der Waals surface area contributed by atoms with Gasteiger partial charge in [0.2, 0.25) is 0 Å². The van der Waals surface area contributed by atoms with Crippen molar-refractivity contribution < 1.29 is 5.11 Å². The highest BCUT2D eigenvalue weighted by Gasteiger charge is 1.98. The van der Waals surface area contributed by atoms with Gasteiger partial charge in [0, 0.05) is 6.04 Å². The molecule has 2 N–H and O–H groups in total. The second kappa shape index (κ2) is 5.06. The smallest absolute Gasteiger partial charge is 0.0584 e. The molecule has 0 unspecified atom stereocenters. The largest absolute Gasteiger partial charge is 0.395 e. The molecule has 0 aliphatic heterocycles. The summed E-state index contributed by atoms with van der Waals surface area (Å²) in [6, 6.07) is 0.306. The van der Waals surface area contributed by atoms with Gasteiger partial charge < -0.3 is 10.4 Å². The van der Waals surface area contributed by atoms with Gasteiger partial charge >= 0.3 is 0 Å². The second-order valence-electron chi connectivity index (χ2n) is 1.85. The minimum atomic E-state index is 0.254. The Bertz CT molecular complexity index is 43.8. The van der Waals surface area contributed by atoms with E-state index in [1.54, 1.807) is 0 Å². The monoisotopic (exact) mass is 117 g/mol. The average Bonchev–Trinajstić information content (AvgIpc) is 1.83. The van der Waals surface area contributed by atoms with Crippen LogP contribution in [0.15, 0.2) is 0 Å². The molecule has 0 saturated heterocycles. The summed E-state index contributed by atoms with van der Waals surface area (Å²) < 4.78 is 0. The maximum absolute atomic E-state index is 8.59. The zero-order valence-electron chi connectivity index (χ0n) is 5.65. The van der Waals surface area contributed by atoms with Crippen LogP contribution < -0.4 is 5.32 Å². The third-order valence-electron chi connectivity index (χ3n) is 1.21. The minimum absolute atomic E-state index is 0.254. The molecule has 0 aromatic carbocycles. The van der Waals surface area contributed by atoms with Crippen molar-refractivity contribution in [3.63, 3.8) is 0 Å². The van der Waals surface area contributed by atoms with E-state index in [1.165, 1.54) is 0 Å². The predicted molar refractivity (Wildman–Crippen MR) is 34.8 cm³/mol. The lowest BCUT2D eigenvalue weighted by Gasteiger charge is -2.10. The summed E-state index contributed by atoms with van der Waals surface area (Å²) in [7, 11) is 0. The summed E-state index contributed by atoms with van der Waals surface area (Å²) in [6.07, 6.45) is 1.00. The van der Waals surface area contributed by atoms with Crippen LogP contribution in [-0.4, -0.2) is 24.3 Å². The molecule has 0 aromatic rings. The fourth-order valence-corrected chi connectivity index (χ4v) is 0.627. The Kier molecular flexibility index (Phi) is 5.01. The number of likely N-dealkylation sites (N-methyl/N-ethyl adjacent to an activating group) is 1. The minimum Gasteiger partial charge on any atom is -0.395 e. The van der Waals surface area contributed by atoms with Crippen LogP contribution >= 0.6 is 0 Å². The molecule has 2 nitrogen and oxygen atoms in total. The van der Waals surface area contributed by atoms with Crippen LogP contribution in [0.3, 0.4) is 0 Å². The standard InChI is InChI=1S/C6H15NO/c1-3-6(5-8)7-4-2/h6-8H,3-5H2,1-2H3/t6-/m1/s1. The molecule has 0 rings (SSSR count). The Balaban J connectivity index is 3.07. The molecule has 0 aromatic heterocycles. The van der Waals surface area contributed by atoms with Crippen molar-refractivity contribution in [2.24, 2.45) is 0 Å². The molecule has 0 spiro atoms. The van der Waals surface area contributed by atoms with Crippen LogP contribution in [-0.2, 0) is 0 Å². The zero-order chi connectivity index (χ0) is 6.41. The van der Waals surface area contributed by atoms with E-state index in [1.807, 2.05) is 6.92 Å². The van der Waals surface area contributed by atoms with Gasteiger partial charge in [0.25, 0.3) is 0 Å². The van der Waals surface area contributed by atoms with Gasteiger partial charge in [0.15, 0.2) is 0 Å². The van der Waals surface area contributed by atoms with Crippen LogP contribution in [0.5, 0.6) is 0 Å². The van der Waals surface area contributed by atoms with Crippen LogP contribution in [0.4, 0.5) is 0 Å². The summed E-state index contributed by atoms with van der Waals surface area (Å²) in [5.74, 6) is 0. The van der Waals surface area contributed by atoms with Gasteiger partial charge in [-0.3, -0.25) is 0 Å². The van der Waals surface area contributed by atoms with Crippen LogP contribution in [0.1, 0.15) is 20.3 Å². The summed E-state index contributed by atoms with van der Waals surface area (Å²) in [4.78, 5) is 0. The van der Waals surface area contributed by atoms with Crippen LogP contribution in [0.25, 0.3) is 0 Å². The highest BCUT2D eigenvalue weighted by atomic mass is 16.3.